The topological polar surface area (TPSA) is 79.8 Å². The second-order valence-electron chi connectivity index (χ2n) is 7.01. The molecule has 0 radical (unpaired) electrons. The molecule has 8 heteroatoms. The van der Waals surface area contributed by atoms with E-state index in [0.29, 0.717) is 17.9 Å². The Morgan fingerprint density at radius 3 is 2.59 bits per heavy atom. The minimum Gasteiger partial charge on any atom is -0.451 e. The fraction of sp³-hybridized carbons (Fsp3) is 0.421. The van der Waals surface area contributed by atoms with Crippen LogP contribution < -0.4 is 0 Å². The van der Waals surface area contributed by atoms with E-state index in [4.69, 9.17) is 4.42 Å². The maximum absolute atomic E-state index is 12.9. The van der Waals surface area contributed by atoms with Crippen LogP contribution in [0.25, 0.3) is 11.3 Å². The molecular formula is C19H22ClN3O4. The lowest BCUT2D eigenvalue weighted by molar-refractivity contribution is -0.384. The first-order chi connectivity index (χ1) is 12.5. The van der Waals surface area contributed by atoms with Gasteiger partial charge < -0.3 is 14.2 Å². The highest BCUT2D eigenvalue weighted by Gasteiger charge is 2.33. The van der Waals surface area contributed by atoms with E-state index in [2.05, 4.69) is 4.90 Å². The number of rotatable bonds is 3. The van der Waals surface area contributed by atoms with Crippen LogP contribution in [0, 0.1) is 17.0 Å². The number of fused-ring (bicyclic) bond motifs is 4. The molecule has 0 atom stereocenters. The summed E-state index contributed by atoms with van der Waals surface area (Å²) in [5.41, 5.74) is 1.18. The highest BCUT2D eigenvalue weighted by Crippen LogP contribution is 2.33. The van der Waals surface area contributed by atoms with Crippen LogP contribution in [-0.4, -0.2) is 52.9 Å². The van der Waals surface area contributed by atoms with Crippen LogP contribution in [0.5, 0.6) is 0 Å². The fourth-order valence-electron chi connectivity index (χ4n) is 3.89. The summed E-state index contributed by atoms with van der Waals surface area (Å²) in [7, 11) is 0. The van der Waals surface area contributed by atoms with Gasteiger partial charge in [0.25, 0.3) is 11.6 Å². The van der Waals surface area contributed by atoms with E-state index in [1.165, 1.54) is 6.07 Å². The molecule has 1 amide bonds. The monoisotopic (exact) mass is 391 g/mol. The number of hydrogen-bond donors (Lipinski definition) is 0. The molecule has 0 saturated carbocycles. The fourth-order valence-corrected chi connectivity index (χ4v) is 3.89. The maximum atomic E-state index is 12.9. The molecule has 27 heavy (non-hydrogen) atoms. The lowest BCUT2D eigenvalue weighted by Gasteiger charge is -2.30. The third-order valence-corrected chi connectivity index (χ3v) is 5.35. The zero-order valence-electron chi connectivity index (χ0n) is 15.1. The number of hydrogen-bond acceptors (Lipinski definition) is 5. The van der Waals surface area contributed by atoms with Crippen LogP contribution in [0.4, 0.5) is 5.69 Å². The van der Waals surface area contributed by atoms with Gasteiger partial charge in [0.15, 0.2) is 5.76 Å². The predicted molar refractivity (Wildman–Crippen MR) is 103 cm³/mol. The first kappa shape index (κ1) is 19.4. The third-order valence-electron chi connectivity index (χ3n) is 5.35. The van der Waals surface area contributed by atoms with Gasteiger partial charge in [0.2, 0.25) is 0 Å². The van der Waals surface area contributed by atoms with Crippen LogP contribution in [0.3, 0.4) is 0 Å². The Hall–Kier alpha value is -2.38. The number of carbonyl (C=O) groups excluding carboxylic acids is 1. The average molecular weight is 392 g/mol. The van der Waals surface area contributed by atoms with Crippen molar-refractivity contribution in [2.75, 3.05) is 26.2 Å². The summed E-state index contributed by atoms with van der Waals surface area (Å²) in [6.07, 6.45) is 1.98. The van der Waals surface area contributed by atoms with Crippen LogP contribution in [0.2, 0.25) is 0 Å². The molecule has 0 unspecified atom stereocenters. The van der Waals surface area contributed by atoms with Gasteiger partial charge >= 0.3 is 0 Å². The van der Waals surface area contributed by atoms with Crippen LogP contribution in [-0.2, 0) is 0 Å². The Kier molecular flexibility index (Phi) is 5.53. The van der Waals surface area contributed by atoms with E-state index >= 15 is 0 Å². The smallest absolute Gasteiger partial charge is 0.289 e. The minimum atomic E-state index is -0.422. The Morgan fingerprint density at radius 1 is 1.15 bits per heavy atom. The minimum absolute atomic E-state index is 0. The molecule has 3 fully saturated rings. The van der Waals surface area contributed by atoms with Crippen molar-refractivity contribution in [1.82, 2.24) is 9.80 Å². The molecule has 0 N–H and O–H groups in total. The van der Waals surface area contributed by atoms with Gasteiger partial charge in [0.1, 0.15) is 5.76 Å². The van der Waals surface area contributed by atoms with Crippen LogP contribution in [0.1, 0.15) is 29.0 Å². The van der Waals surface area contributed by atoms with Crippen molar-refractivity contribution >= 4 is 24.0 Å². The highest BCUT2D eigenvalue weighted by atomic mass is 35.5. The van der Waals surface area contributed by atoms with E-state index in [1.54, 1.807) is 31.2 Å². The van der Waals surface area contributed by atoms with Crippen molar-refractivity contribution in [2.45, 2.75) is 25.8 Å². The second-order valence-corrected chi connectivity index (χ2v) is 7.01. The number of amides is 1. The van der Waals surface area contributed by atoms with E-state index in [-0.39, 0.29) is 35.8 Å². The molecule has 1 aromatic heterocycles. The molecule has 3 saturated heterocycles. The van der Waals surface area contributed by atoms with Crippen molar-refractivity contribution in [3.63, 3.8) is 0 Å². The number of aryl methyl sites for hydroxylation is 1. The molecule has 0 aliphatic carbocycles. The molecule has 144 valence electrons. The lowest BCUT2D eigenvalue weighted by Crippen LogP contribution is -2.41. The van der Waals surface area contributed by atoms with E-state index in [0.717, 1.165) is 38.0 Å². The molecule has 5 rings (SSSR count). The summed E-state index contributed by atoms with van der Waals surface area (Å²) in [5.74, 6) is 0.470. The molecule has 4 heterocycles. The summed E-state index contributed by atoms with van der Waals surface area (Å²) in [5, 5.41) is 11.3. The van der Waals surface area contributed by atoms with Gasteiger partial charge in [-0.05, 0) is 43.5 Å². The number of nitro groups is 1. The molecule has 0 spiro atoms. The SMILES string of the molecule is Cc1ccc(-c2ccc(C(=O)N3CCN4CCC3CC4)o2)c([N+](=O)[O-])c1.Cl. The summed E-state index contributed by atoms with van der Waals surface area (Å²) in [6, 6.07) is 8.50. The van der Waals surface area contributed by atoms with Crippen LogP contribution in [0.15, 0.2) is 34.7 Å². The zero-order chi connectivity index (χ0) is 18.3. The summed E-state index contributed by atoms with van der Waals surface area (Å²) >= 11 is 0. The third kappa shape index (κ3) is 3.70. The summed E-state index contributed by atoms with van der Waals surface area (Å²) < 4.78 is 5.75. The summed E-state index contributed by atoms with van der Waals surface area (Å²) in [6.45, 7) is 5.46. The number of benzene rings is 1. The number of nitro benzene ring substituents is 1. The molecule has 1 aromatic carbocycles. The first-order valence-corrected chi connectivity index (χ1v) is 8.91. The van der Waals surface area contributed by atoms with Crippen molar-refractivity contribution in [3.05, 3.63) is 51.8 Å². The van der Waals surface area contributed by atoms with Crippen molar-refractivity contribution < 1.29 is 14.1 Å². The predicted octanol–water partition coefficient (Wildman–Crippen LogP) is 3.51. The number of nitrogens with zero attached hydrogens (tertiary/aromatic N) is 3. The van der Waals surface area contributed by atoms with Crippen molar-refractivity contribution in [1.29, 1.82) is 0 Å². The Labute approximate surface area is 163 Å². The quantitative estimate of drug-likeness (QED) is 0.591. The van der Waals surface area contributed by atoms with Gasteiger partial charge in [-0.25, -0.2) is 0 Å². The molecule has 2 bridgehead atoms. The Morgan fingerprint density at radius 2 is 1.89 bits per heavy atom. The lowest BCUT2D eigenvalue weighted by atomic mass is 10.1. The Balaban J connectivity index is 0.00000210. The zero-order valence-corrected chi connectivity index (χ0v) is 15.9. The van der Waals surface area contributed by atoms with Gasteiger partial charge in [0, 0.05) is 38.3 Å². The second kappa shape index (κ2) is 7.70. The highest BCUT2D eigenvalue weighted by molar-refractivity contribution is 5.92. The van der Waals surface area contributed by atoms with E-state index in [1.807, 2.05) is 4.90 Å². The van der Waals surface area contributed by atoms with E-state index < -0.39 is 4.92 Å². The molecule has 2 aromatic rings. The maximum Gasteiger partial charge on any atom is 0.289 e. The van der Waals surface area contributed by atoms with Gasteiger partial charge in [-0.2, -0.15) is 0 Å². The molecular weight excluding hydrogens is 370 g/mol. The number of carbonyl (C=O) groups is 1. The van der Waals surface area contributed by atoms with Gasteiger partial charge in [-0.1, -0.05) is 6.07 Å². The molecule has 7 nitrogen and oxygen atoms in total. The van der Waals surface area contributed by atoms with Crippen molar-refractivity contribution in [3.8, 4) is 11.3 Å². The van der Waals surface area contributed by atoms with Gasteiger partial charge in [-0.15, -0.1) is 12.4 Å². The number of furan rings is 1. The van der Waals surface area contributed by atoms with Gasteiger partial charge in [0.05, 0.1) is 10.5 Å². The first-order valence-electron chi connectivity index (χ1n) is 8.91. The number of halogens is 1. The molecule has 3 aliphatic rings. The average Bonchev–Trinajstić information content (AvgIpc) is 2.93. The molecule has 3 aliphatic heterocycles. The summed E-state index contributed by atoms with van der Waals surface area (Å²) in [4.78, 5) is 28.1. The Bertz CT molecular complexity index is 858. The van der Waals surface area contributed by atoms with Crippen LogP contribution >= 0.6 is 12.4 Å². The number of piperidine rings is 1. The van der Waals surface area contributed by atoms with E-state index in [9.17, 15) is 14.9 Å². The normalized spacial score (nSPS) is 21.4. The largest absolute Gasteiger partial charge is 0.451 e. The standard InChI is InChI=1S/C19H21N3O4.ClH/c1-13-2-3-15(16(12-13)22(24)25)17-4-5-18(26-17)19(23)21-11-10-20-8-6-14(21)7-9-20;/h2-5,12,14H,6-11H2,1H3;1H. The van der Waals surface area contributed by atoms with Crippen molar-refractivity contribution in [2.24, 2.45) is 0 Å². The van der Waals surface area contributed by atoms with Gasteiger partial charge in [-0.3, -0.25) is 14.9 Å².